The third kappa shape index (κ3) is 5.32. The van der Waals surface area contributed by atoms with Gasteiger partial charge in [0.1, 0.15) is 11.5 Å². The summed E-state index contributed by atoms with van der Waals surface area (Å²) in [6, 6.07) is 15.0. The van der Waals surface area contributed by atoms with Crippen molar-refractivity contribution < 1.29 is 17.9 Å². The minimum absolute atomic E-state index is 0.130. The number of benzene rings is 2. The van der Waals surface area contributed by atoms with E-state index in [4.69, 9.17) is 4.74 Å². The molecule has 4 aromatic rings. The zero-order valence-electron chi connectivity index (χ0n) is 18.1. The van der Waals surface area contributed by atoms with Crippen LogP contribution in [0, 0.1) is 6.92 Å². The number of hydrogen-bond acceptors (Lipinski definition) is 5. The molecule has 0 bridgehead atoms. The quantitative estimate of drug-likeness (QED) is 0.298. The Morgan fingerprint density at radius 1 is 1.12 bits per heavy atom. The van der Waals surface area contributed by atoms with Crippen molar-refractivity contribution in [3.63, 3.8) is 0 Å². The second-order valence-corrected chi connectivity index (χ2v) is 7.30. The van der Waals surface area contributed by atoms with E-state index in [0.717, 1.165) is 46.5 Å². The van der Waals surface area contributed by atoms with E-state index >= 15 is 0 Å². The number of aromatic nitrogens is 4. The molecule has 0 unspecified atom stereocenters. The molecule has 0 aliphatic rings. The van der Waals surface area contributed by atoms with E-state index in [1.165, 1.54) is 0 Å². The van der Waals surface area contributed by atoms with E-state index in [9.17, 15) is 13.2 Å². The number of H-pyrrole nitrogens is 1. The summed E-state index contributed by atoms with van der Waals surface area (Å²) in [4.78, 5) is 8.61. The fraction of sp³-hybridized carbons (Fsp3) is 0.0800. The number of aryl methyl sites for hydroxylation is 1. The van der Waals surface area contributed by atoms with Gasteiger partial charge in [0.2, 0.25) is 5.95 Å². The maximum atomic E-state index is 12.9. The predicted octanol–water partition coefficient (Wildman–Crippen LogP) is 6.72. The molecule has 2 aromatic carbocycles. The standard InChI is InChI=1S/C25H20F3N5O/c1-3-4-18(25(26,27)28)11-13-30-24-31-23(32-33-24)17-6-8-19(9-7-17)34-22-12-14-29-21-10-5-16(2)15-20(21)22/h3-15H,1H2,2H3,(H2,30,31,32,33)/b13-11+,18-4+. The highest BCUT2D eigenvalue weighted by Gasteiger charge is 2.31. The molecule has 6 nitrogen and oxygen atoms in total. The van der Waals surface area contributed by atoms with Crippen molar-refractivity contribution in [1.29, 1.82) is 0 Å². The van der Waals surface area contributed by atoms with Crippen LogP contribution in [0.25, 0.3) is 22.3 Å². The fourth-order valence-electron chi connectivity index (χ4n) is 3.16. The molecule has 0 fully saturated rings. The van der Waals surface area contributed by atoms with Crippen molar-refractivity contribution in [2.45, 2.75) is 13.1 Å². The van der Waals surface area contributed by atoms with Gasteiger partial charge in [0.25, 0.3) is 0 Å². The predicted molar refractivity (Wildman–Crippen MR) is 125 cm³/mol. The van der Waals surface area contributed by atoms with E-state index in [2.05, 4.69) is 32.1 Å². The lowest BCUT2D eigenvalue weighted by Crippen LogP contribution is -2.10. The third-order valence-electron chi connectivity index (χ3n) is 4.80. The van der Waals surface area contributed by atoms with Gasteiger partial charge in [-0.05, 0) is 55.5 Å². The topological polar surface area (TPSA) is 75.7 Å². The van der Waals surface area contributed by atoms with E-state index in [1.807, 2.05) is 31.2 Å². The maximum Gasteiger partial charge on any atom is 0.416 e. The molecule has 172 valence electrons. The Hall–Kier alpha value is -4.40. The molecule has 0 aliphatic heterocycles. The van der Waals surface area contributed by atoms with Crippen LogP contribution in [0.5, 0.6) is 11.5 Å². The van der Waals surface area contributed by atoms with Crippen molar-refractivity contribution in [3.8, 4) is 22.9 Å². The Balaban J connectivity index is 1.45. The van der Waals surface area contributed by atoms with Crippen LogP contribution in [-0.2, 0) is 0 Å². The summed E-state index contributed by atoms with van der Waals surface area (Å²) in [5.41, 5.74) is 1.84. The number of pyridine rings is 1. The summed E-state index contributed by atoms with van der Waals surface area (Å²) >= 11 is 0. The van der Waals surface area contributed by atoms with Crippen LogP contribution in [0.15, 0.2) is 91.3 Å². The monoisotopic (exact) mass is 463 g/mol. The second-order valence-electron chi connectivity index (χ2n) is 7.30. The summed E-state index contributed by atoms with van der Waals surface area (Å²) < 4.78 is 44.7. The lowest BCUT2D eigenvalue weighted by atomic mass is 10.1. The first-order valence-electron chi connectivity index (χ1n) is 10.2. The van der Waals surface area contributed by atoms with Gasteiger partial charge in [-0.25, -0.2) is 0 Å². The van der Waals surface area contributed by atoms with E-state index in [1.54, 1.807) is 30.5 Å². The Labute approximate surface area is 193 Å². The largest absolute Gasteiger partial charge is 0.457 e. The minimum atomic E-state index is -4.48. The number of ether oxygens (including phenoxy) is 1. The molecule has 9 heteroatoms. The van der Waals surface area contributed by atoms with Gasteiger partial charge in [-0.1, -0.05) is 30.4 Å². The molecular formula is C25H20F3N5O. The highest BCUT2D eigenvalue weighted by Crippen LogP contribution is 2.30. The number of hydrogen-bond donors (Lipinski definition) is 2. The molecule has 2 aromatic heterocycles. The Morgan fingerprint density at radius 2 is 1.91 bits per heavy atom. The average Bonchev–Trinajstić information content (AvgIpc) is 3.28. The second kappa shape index (κ2) is 9.62. The van der Waals surface area contributed by atoms with Crippen molar-refractivity contribution in [3.05, 3.63) is 96.9 Å². The van der Waals surface area contributed by atoms with Crippen LogP contribution < -0.4 is 10.1 Å². The van der Waals surface area contributed by atoms with Crippen molar-refractivity contribution in [2.24, 2.45) is 0 Å². The zero-order valence-corrected chi connectivity index (χ0v) is 18.1. The number of aromatic amines is 1. The normalized spacial score (nSPS) is 12.3. The SMILES string of the molecule is C=C/C=C(\C=C\Nc1n[nH]c(-c2ccc(Oc3ccnc4ccc(C)cc34)cc2)n1)C(F)(F)F. The fourth-order valence-corrected chi connectivity index (χ4v) is 3.16. The Kier molecular flexibility index (Phi) is 6.44. The molecule has 34 heavy (non-hydrogen) atoms. The molecule has 4 rings (SSSR count). The molecule has 0 spiro atoms. The van der Waals surface area contributed by atoms with Crippen LogP contribution in [0.1, 0.15) is 5.56 Å². The lowest BCUT2D eigenvalue weighted by Gasteiger charge is -2.09. The Morgan fingerprint density at radius 3 is 2.65 bits per heavy atom. The molecule has 0 saturated carbocycles. The maximum absolute atomic E-state index is 12.9. The van der Waals surface area contributed by atoms with Crippen LogP contribution >= 0.6 is 0 Å². The zero-order chi connectivity index (χ0) is 24.1. The number of rotatable bonds is 7. The van der Waals surface area contributed by atoms with Crippen molar-refractivity contribution in [1.82, 2.24) is 20.2 Å². The number of nitrogens with zero attached hydrogens (tertiary/aromatic N) is 3. The molecule has 0 radical (unpaired) electrons. The van der Waals surface area contributed by atoms with Crippen molar-refractivity contribution >= 4 is 16.9 Å². The average molecular weight is 463 g/mol. The highest BCUT2D eigenvalue weighted by atomic mass is 19.4. The van der Waals surface area contributed by atoms with Gasteiger partial charge in [-0.2, -0.15) is 18.2 Å². The molecule has 0 aliphatic carbocycles. The lowest BCUT2D eigenvalue weighted by molar-refractivity contribution is -0.0881. The van der Waals surface area contributed by atoms with Gasteiger partial charge >= 0.3 is 6.18 Å². The number of alkyl halides is 3. The molecule has 0 saturated heterocycles. The molecule has 2 N–H and O–H groups in total. The van der Waals surface area contributed by atoms with Gasteiger partial charge in [0.05, 0.1) is 11.1 Å². The van der Waals surface area contributed by atoms with Gasteiger partial charge in [-0.15, -0.1) is 5.10 Å². The number of fused-ring (bicyclic) bond motifs is 1. The molecular weight excluding hydrogens is 443 g/mol. The van der Waals surface area contributed by atoms with E-state index in [0.29, 0.717) is 17.3 Å². The summed E-state index contributed by atoms with van der Waals surface area (Å²) in [5, 5.41) is 10.3. The van der Waals surface area contributed by atoms with E-state index in [-0.39, 0.29) is 5.95 Å². The molecule has 2 heterocycles. The van der Waals surface area contributed by atoms with Gasteiger partial charge in [-0.3, -0.25) is 10.1 Å². The third-order valence-corrected chi connectivity index (χ3v) is 4.80. The first kappa shape index (κ1) is 22.8. The molecule has 0 amide bonds. The first-order valence-corrected chi connectivity index (χ1v) is 10.2. The summed E-state index contributed by atoms with van der Waals surface area (Å²) in [7, 11) is 0. The smallest absolute Gasteiger partial charge is 0.416 e. The number of halogens is 3. The summed E-state index contributed by atoms with van der Waals surface area (Å²) in [6.07, 6.45) is 1.16. The summed E-state index contributed by atoms with van der Waals surface area (Å²) in [5.74, 6) is 1.91. The molecule has 0 atom stereocenters. The number of nitrogens with one attached hydrogen (secondary N) is 2. The highest BCUT2D eigenvalue weighted by molar-refractivity contribution is 5.85. The Bertz CT molecular complexity index is 1370. The van der Waals surface area contributed by atoms with Crippen LogP contribution in [0.3, 0.4) is 0 Å². The minimum Gasteiger partial charge on any atom is -0.457 e. The van der Waals surface area contributed by atoms with Crippen LogP contribution in [0.2, 0.25) is 0 Å². The first-order chi connectivity index (χ1) is 16.3. The van der Waals surface area contributed by atoms with Crippen molar-refractivity contribution in [2.75, 3.05) is 5.32 Å². The van der Waals surface area contributed by atoms with E-state index < -0.39 is 11.7 Å². The van der Waals surface area contributed by atoms with Crippen LogP contribution in [0.4, 0.5) is 19.1 Å². The number of anilines is 1. The van der Waals surface area contributed by atoms with Gasteiger partial charge < -0.3 is 10.1 Å². The van der Waals surface area contributed by atoms with Gasteiger partial charge in [0.15, 0.2) is 5.82 Å². The van der Waals surface area contributed by atoms with Gasteiger partial charge in [0, 0.05) is 23.3 Å². The number of allylic oxidation sites excluding steroid dienone is 4. The summed E-state index contributed by atoms with van der Waals surface area (Å²) in [6.45, 7) is 5.30. The van der Waals surface area contributed by atoms with Crippen LogP contribution in [-0.4, -0.2) is 26.3 Å².